The molecule has 26 heavy (non-hydrogen) atoms. The summed E-state index contributed by atoms with van der Waals surface area (Å²) in [6, 6.07) is 5.68. The number of hydrogen-bond acceptors (Lipinski definition) is 6. The SMILES string of the molecule is CN(C)c1ncc(/C=C2/C(=O)NC(=S)N(c3ccccc3F)C2=O)cn1. The van der Waals surface area contributed by atoms with Crippen molar-refractivity contribution in [2.75, 3.05) is 23.9 Å². The molecule has 132 valence electrons. The second-order valence-corrected chi connectivity index (χ2v) is 6.01. The molecule has 1 fully saturated rings. The lowest BCUT2D eigenvalue weighted by Crippen LogP contribution is -2.54. The molecule has 2 aromatic rings. The van der Waals surface area contributed by atoms with Crippen LogP contribution in [0.1, 0.15) is 5.56 Å². The van der Waals surface area contributed by atoms with E-state index in [-0.39, 0.29) is 16.4 Å². The van der Waals surface area contributed by atoms with Gasteiger partial charge in [-0.2, -0.15) is 0 Å². The number of nitrogens with one attached hydrogen (secondary N) is 1. The molecule has 0 bridgehead atoms. The lowest BCUT2D eigenvalue weighted by atomic mass is 10.1. The summed E-state index contributed by atoms with van der Waals surface area (Å²) < 4.78 is 14.1. The van der Waals surface area contributed by atoms with Crippen molar-refractivity contribution < 1.29 is 14.0 Å². The zero-order valence-electron chi connectivity index (χ0n) is 13.9. The number of halogens is 1. The number of anilines is 2. The first-order valence-electron chi connectivity index (χ1n) is 7.54. The number of nitrogens with zero attached hydrogens (tertiary/aromatic N) is 4. The molecule has 1 aliphatic heterocycles. The lowest BCUT2D eigenvalue weighted by Gasteiger charge is -2.29. The minimum Gasteiger partial charge on any atom is -0.347 e. The second kappa shape index (κ2) is 6.96. The number of carbonyl (C=O) groups is 2. The normalized spacial score (nSPS) is 16.0. The van der Waals surface area contributed by atoms with Crippen LogP contribution in [0.5, 0.6) is 0 Å². The van der Waals surface area contributed by atoms with Gasteiger partial charge >= 0.3 is 0 Å². The Morgan fingerprint density at radius 3 is 2.46 bits per heavy atom. The van der Waals surface area contributed by atoms with Gasteiger partial charge in [0.15, 0.2) is 5.11 Å². The van der Waals surface area contributed by atoms with Gasteiger partial charge in [0.2, 0.25) is 5.95 Å². The molecule has 1 saturated heterocycles. The Bertz CT molecular complexity index is 927. The van der Waals surface area contributed by atoms with Gasteiger partial charge in [-0.3, -0.25) is 14.9 Å². The molecule has 0 unspecified atom stereocenters. The van der Waals surface area contributed by atoms with Crippen molar-refractivity contribution in [3.63, 3.8) is 0 Å². The van der Waals surface area contributed by atoms with Crippen LogP contribution in [0.4, 0.5) is 16.0 Å². The minimum absolute atomic E-state index is 0.0346. The largest absolute Gasteiger partial charge is 0.347 e. The molecule has 0 saturated carbocycles. The van der Waals surface area contributed by atoms with Crippen LogP contribution >= 0.6 is 12.2 Å². The zero-order valence-corrected chi connectivity index (χ0v) is 14.7. The standard InChI is InChI=1S/C17H14FN5O2S/c1-22(2)16-19-8-10(9-20-16)7-11-14(24)21-17(26)23(15(11)25)13-6-4-3-5-12(13)18/h3-9H,1-2H3,(H,21,24,26)/b11-7-. The van der Waals surface area contributed by atoms with Crippen molar-refractivity contribution in [2.45, 2.75) is 0 Å². The number of hydrogen-bond donors (Lipinski definition) is 1. The first-order chi connectivity index (χ1) is 12.4. The van der Waals surface area contributed by atoms with Gasteiger partial charge in [-0.05, 0) is 30.4 Å². The Labute approximate surface area is 154 Å². The monoisotopic (exact) mass is 371 g/mol. The highest BCUT2D eigenvalue weighted by Crippen LogP contribution is 2.24. The van der Waals surface area contributed by atoms with Gasteiger partial charge in [0, 0.05) is 32.1 Å². The second-order valence-electron chi connectivity index (χ2n) is 5.62. The lowest BCUT2D eigenvalue weighted by molar-refractivity contribution is -0.122. The van der Waals surface area contributed by atoms with Crippen LogP contribution in [0.2, 0.25) is 0 Å². The average Bonchev–Trinajstić information content (AvgIpc) is 2.60. The average molecular weight is 371 g/mol. The van der Waals surface area contributed by atoms with E-state index in [1.54, 1.807) is 25.1 Å². The molecule has 1 aromatic heterocycles. The van der Waals surface area contributed by atoms with E-state index in [0.29, 0.717) is 11.5 Å². The fraction of sp³-hybridized carbons (Fsp3) is 0.118. The van der Waals surface area contributed by atoms with Crippen molar-refractivity contribution in [3.8, 4) is 0 Å². The van der Waals surface area contributed by atoms with E-state index in [0.717, 1.165) is 4.90 Å². The van der Waals surface area contributed by atoms with E-state index in [9.17, 15) is 14.0 Å². The smallest absolute Gasteiger partial charge is 0.270 e. The van der Waals surface area contributed by atoms with Gasteiger partial charge in [-0.15, -0.1) is 0 Å². The predicted octanol–water partition coefficient (Wildman–Crippen LogP) is 1.51. The highest BCUT2D eigenvalue weighted by Gasteiger charge is 2.35. The van der Waals surface area contributed by atoms with Crippen molar-refractivity contribution >= 4 is 46.9 Å². The summed E-state index contributed by atoms with van der Waals surface area (Å²) in [6.45, 7) is 0. The summed E-state index contributed by atoms with van der Waals surface area (Å²) in [7, 11) is 3.58. The Kier molecular flexibility index (Phi) is 4.72. The summed E-state index contributed by atoms with van der Waals surface area (Å²) in [6.07, 6.45) is 4.30. The summed E-state index contributed by atoms with van der Waals surface area (Å²) in [4.78, 5) is 35.9. The highest BCUT2D eigenvalue weighted by molar-refractivity contribution is 7.80. The number of aromatic nitrogens is 2. The van der Waals surface area contributed by atoms with Crippen molar-refractivity contribution in [3.05, 3.63) is 53.6 Å². The molecule has 2 heterocycles. The topological polar surface area (TPSA) is 78.4 Å². The van der Waals surface area contributed by atoms with E-state index in [1.165, 1.54) is 36.7 Å². The Balaban J connectivity index is 1.99. The van der Waals surface area contributed by atoms with Crippen LogP contribution in [0, 0.1) is 5.82 Å². The van der Waals surface area contributed by atoms with Crippen LogP contribution in [-0.4, -0.2) is 41.0 Å². The third kappa shape index (κ3) is 3.29. The number of benzene rings is 1. The summed E-state index contributed by atoms with van der Waals surface area (Å²) in [5.74, 6) is -1.53. The van der Waals surface area contributed by atoms with Crippen molar-refractivity contribution in [2.24, 2.45) is 0 Å². The summed E-state index contributed by atoms with van der Waals surface area (Å²) >= 11 is 5.04. The highest BCUT2D eigenvalue weighted by atomic mass is 32.1. The van der Waals surface area contributed by atoms with Crippen LogP contribution in [0.3, 0.4) is 0 Å². The number of rotatable bonds is 3. The molecule has 0 radical (unpaired) electrons. The van der Waals surface area contributed by atoms with Gasteiger partial charge in [0.25, 0.3) is 11.8 Å². The van der Waals surface area contributed by atoms with Crippen molar-refractivity contribution in [1.82, 2.24) is 15.3 Å². The third-order valence-corrected chi connectivity index (χ3v) is 3.85. The first-order valence-corrected chi connectivity index (χ1v) is 7.94. The van der Waals surface area contributed by atoms with Crippen LogP contribution in [0.15, 0.2) is 42.2 Å². The maximum atomic E-state index is 14.1. The first kappa shape index (κ1) is 17.6. The van der Waals surface area contributed by atoms with Crippen molar-refractivity contribution in [1.29, 1.82) is 0 Å². The van der Waals surface area contributed by atoms with Crippen LogP contribution < -0.4 is 15.1 Å². The summed E-state index contributed by atoms with van der Waals surface area (Å²) in [5.41, 5.74) is 0.228. The molecule has 9 heteroatoms. The number of carbonyl (C=O) groups excluding carboxylic acids is 2. The van der Waals surface area contributed by atoms with E-state index >= 15 is 0 Å². The van der Waals surface area contributed by atoms with Gasteiger partial charge in [0.05, 0.1) is 5.69 Å². The Morgan fingerprint density at radius 2 is 1.85 bits per heavy atom. The molecule has 3 rings (SSSR count). The van der Waals surface area contributed by atoms with E-state index in [1.807, 2.05) is 0 Å². The van der Waals surface area contributed by atoms with Crippen LogP contribution in [0.25, 0.3) is 6.08 Å². The van der Waals surface area contributed by atoms with Gasteiger partial charge in [-0.1, -0.05) is 12.1 Å². The quantitative estimate of drug-likeness (QED) is 0.501. The van der Waals surface area contributed by atoms with Gasteiger partial charge in [0.1, 0.15) is 11.4 Å². The van der Waals surface area contributed by atoms with E-state index < -0.39 is 17.6 Å². The molecule has 0 spiro atoms. The van der Waals surface area contributed by atoms with Crippen LogP contribution in [-0.2, 0) is 9.59 Å². The molecule has 7 nitrogen and oxygen atoms in total. The molecule has 1 aliphatic rings. The Hall–Kier alpha value is -3.20. The molecular weight excluding hydrogens is 357 g/mol. The molecule has 1 aromatic carbocycles. The molecule has 2 amide bonds. The fourth-order valence-electron chi connectivity index (χ4n) is 2.31. The number of para-hydroxylation sites is 1. The van der Waals surface area contributed by atoms with E-state index in [2.05, 4.69) is 15.3 Å². The maximum absolute atomic E-state index is 14.1. The zero-order chi connectivity index (χ0) is 18.8. The summed E-state index contributed by atoms with van der Waals surface area (Å²) in [5, 5.41) is 2.22. The molecular formula is C17H14FN5O2S. The number of amides is 2. The molecule has 1 N–H and O–H groups in total. The molecule has 0 atom stereocenters. The fourth-order valence-corrected chi connectivity index (χ4v) is 2.59. The third-order valence-electron chi connectivity index (χ3n) is 3.56. The Morgan fingerprint density at radius 1 is 1.19 bits per heavy atom. The number of thiocarbonyl (C=S) groups is 1. The maximum Gasteiger partial charge on any atom is 0.270 e. The molecule has 0 aliphatic carbocycles. The van der Waals surface area contributed by atoms with Gasteiger partial charge in [-0.25, -0.2) is 19.3 Å². The van der Waals surface area contributed by atoms with E-state index in [4.69, 9.17) is 12.2 Å². The van der Waals surface area contributed by atoms with Gasteiger partial charge < -0.3 is 4.90 Å². The minimum atomic E-state index is -0.722. The predicted molar refractivity (Wildman–Crippen MR) is 99.0 cm³/mol.